The Kier molecular flexibility index (Phi) is 5.62. The first kappa shape index (κ1) is 24.2. The molecule has 0 saturated heterocycles. The minimum atomic E-state index is -1.06. The lowest BCUT2D eigenvalue weighted by Gasteiger charge is -2.56. The predicted molar refractivity (Wildman–Crippen MR) is 139 cm³/mol. The van der Waals surface area contributed by atoms with Crippen LogP contribution in [0, 0.1) is 23.7 Å². The minimum Gasteiger partial charge on any atom is -0.478 e. The largest absolute Gasteiger partial charge is 0.478 e. The second-order valence-electron chi connectivity index (χ2n) is 13.0. The van der Waals surface area contributed by atoms with Crippen LogP contribution in [0.3, 0.4) is 0 Å². The highest BCUT2D eigenvalue weighted by molar-refractivity contribution is 6.04. The first-order chi connectivity index (χ1) is 18.3. The predicted octanol–water partition coefficient (Wildman–Crippen LogP) is 5.78. The number of carboxylic acids is 1. The number of hydrogen-bond acceptors (Lipinski definition) is 5. The van der Waals surface area contributed by atoms with Crippen molar-refractivity contribution >= 4 is 17.6 Å². The van der Waals surface area contributed by atoms with Gasteiger partial charge in [-0.15, -0.1) is 0 Å². The van der Waals surface area contributed by atoms with E-state index in [-0.39, 0.29) is 28.9 Å². The lowest BCUT2D eigenvalue weighted by Crippen LogP contribution is -2.51. The summed E-state index contributed by atoms with van der Waals surface area (Å²) >= 11 is 0. The number of nitrogens with one attached hydrogen (secondary N) is 1. The molecule has 38 heavy (non-hydrogen) atoms. The number of aromatic carboxylic acids is 1. The number of ether oxygens (including phenoxy) is 1. The first-order valence-corrected chi connectivity index (χ1v) is 14.4. The van der Waals surface area contributed by atoms with Gasteiger partial charge < -0.3 is 20.4 Å². The molecule has 1 heterocycles. The van der Waals surface area contributed by atoms with Gasteiger partial charge in [-0.05, 0) is 119 Å². The summed E-state index contributed by atoms with van der Waals surface area (Å²) in [6.45, 7) is 0.198. The second-order valence-corrected chi connectivity index (χ2v) is 13.0. The van der Waals surface area contributed by atoms with Gasteiger partial charge in [-0.2, -0.15) is 4.73 Å². The molecule has 1 aromatic heterocycles. The Labute approximate surface area is 222 Å². The normalized spacial score (nSPS) is 34.9. The quantitative estimate of drug-likeness (QED) is 0.400. The number of carbonyl (C=O) groups excluding carboxylic acids is 1. The molecule has 3 N–H and O–H groups in total. The van der Waals surface area contributed by atoms with Gasteiger partial charge in [-0.1, -0.05) is 6.07 Å². The lowest BCUT2D eigenvalue weighted by atomic mass is 9.54. The molecule has 2 aromatic rings. The Hall–Kier alpha value is -2.87. The second kappa shape index (κ2) is 8.83. The van der Waals surface area contributed by atoms with Gasteiger partial charge in [0.2, 0.25) is 0 Å². The number of benzene rings is 1. The zero-order chi connectivity index (χ0) is 26.1. The molecule has 8 nitrogen and oxygen atoms in total. The van der Waals surface area contributed by atoms with Crippen LogP contribution in [0.4, 0.5) is 5.69 Å². The molecular formula is C30H37N3O5. The third-order valence-electron chi connectivity index (χ3n) is 10.6. The average Bonchev–Trinajstić information content (AvgIpc) is 3.25. The van der Waals surface area contributed by atoms with E-state index in [1.54, 1.807) is 12.1 Å². The van der Waals surface area contributed by atoms with Gasteiger partial charge in [0.15, 0.2) is 11.5 Å². The van der Waals surface area contributed by atoms with Crippen LogP contribution in [0.25, 0.3) is 0 Å². The maximum atomic E-state index is 13.6. The van der Waals surface area contributed by atoms with Gasteiger partial charge in [0.1, 0.15) is 5.69 Å². The van der Waals surface area contributed by atoms with Gasteiger partial charge in [-0.3, -0.25) is 4.79 Å². The molecule has 0 unspecified atom stereocenters. The Morgan fingerprint density at radius 3 is 2.24 bits per heavy atom. The molecule has 6 bridgehead atoms. The fourth-order valence-corrected chi connectivity index (χ4v) is 9.06. The summed E-state index contributed by atoms with van der Waals surface area (Å²) in [5.41, 5.74) is 0.686. The van der Waals surface area contributed by atoms with Crippen molar-refractivity contribution in [2.75, 3.05) is 5.32 Å². The van der Waals surface area contributed by atoms with E-state index < -0.39 is 11.9 Å². The summed E-state index contributed by atoms with van der Waals surface area (Å²) in [4.78, 5) is 30.0. The fourth-order valence-electron chi connectivity index (χ4n) is 9.06. The van der Waals surface area contributed by atoms with Crippen LogP contribution >= 0.6 is 0 Å². The number of imidazole rings is 1. The SMILES string of the molecule is O=C(O)c1cccc(NC(=O)c2c(COC34CC5CC(CC(C5)C3)C4)nc(C34CCC(CC3)CC4)n2O)c1. The molecular weight excluding hydrogens is 482 g/mol. The number of aromatic nitrogens is 2. The van der Waals surface area contributed by atoms with Crippen LogP contribution < -0.4 is 5.32 Å². The number of nitrogens with zero attached hydrogens (tertiary/aromatic N) is 2. The number of carboxylic acid groups (broad SMARTS) is 1. The van der Waals surface area contributed by atoms with Gasteiger partial charge in [-0.25, -0.2) is 9.78 Å². The molecule has 7 fully saturated rings. The zero-order valence-corrected chi connectivity index (χ0v) is 21.8. The number of amides is 1. The van der Waals surface area contributed by atoms with E-state index in [9.17, 15) is 19.9 Å². The zero-order valence-electron chi connectivity index (χ0n) is 21.8. The summed E-state index contributed by atoms with van der Waals surface area (Å²) in [6.07, 6.45) is 13.6. The third kappa shape index (κ3) is 4.03. The van der Waals surface area contributed by atoms with Gasteiger partial charge >= 0.3 is 5.97 Å². The van der Waals surface area contributed by atoms with Crippen molar-refractivity contribution in [3.05, 3.63) is 47.0 Å². The smallest absolute Gasteiger partial charge is 0.335 e. The Morgan fingerprint density at radius 1 is 1.00 bits per heavy atom. The van der Waals surface area contributed by atoms with Crippen molar-refractivity contribution in [3.8, 4) is 0 Å². The molecule has 1 aromatic carbocycles. The highest BCUT2D eigenvalue weighted by Gasteiger charge is 2.52. The summed E-state index contributed by atoms with van der Waals surface area (Å²) in [7, 11) is 0. The van der Waals surface area contributed by atoms with Crippen molar-refractivity contribution in [2.24, 2.45) is 23.7 Å². The standard InChI is InChI=1S/C30H37N3O5/c34-26(31-23-3-1-2-22(13-23)27(35)36)25-24(17-38-30-14-19-10-20(15-30)12-21(11-19)16-30)32-28(33(25)37)29-7-4-18(5-8-29)6-9-29/h1-3,13,18-21,37H,4-12,14-17H2,(H,31,34)(H,35,36). The van der Waals surface area contributed by atoms with Crippen LogP contribution in [-0.4, -0.2) is 37.5 Å². The first-order valence-electron chi connectivity index (χ1n) is 14.4. The van der Waals surface area contributed by atoms with Crippen LogP contribution in [0.2, 0.25) is 0 Å². The summed E-state index contributed by atoms with van der Waals surface area (Å²) in [5, 5.41) is 23.6. The Balaban J connectivity index is 1.20. The summed E-state index contributed by atoms with van der Waals surface area (Å²) in [5.74, 6) is 2.02. The topological polar surface area (TPSA) is 114 Å². The monoisotopic (exact) mass is 519 g/mol. The van der Waals surface area contributed by atoms with Crippen molar-refractivity contribution < 1.29 is 24.6 Å². The Morgan fingerprint density at radius 2 is 1.63 bits per heavy atom. The number of fused-ring (bicyclic) bond motifs is 3. The molecule has 0 spiro atoms. The highest BCUT2D eigenvalue weighted by atomic mass is 16.5. The van der Waals surface area contributed by atoms with Crippen molar-refractivity contribution in [3.63, 3.8) is 0 Å². The van der Waals surface area contributed by atoms with E-state index in [0.29, 0.717) is 17.2 Å². The van der Waals surface area contributed by atoms with Gasteiger partial charge in [0.05, 0.1) is 17.8 Å². The van der Waals surface area contributed by atoms with E-state index in [1.807, 2.05) is 0 Å². The van der Waals surface area contributed by atoms with Crippen LogP contribution in [0.5, 0.6) is 0 Å². The van der Waals surface area contributed by atoms with Crippen LogP contribution in [-0.2, 0) is 16.8 Å². The molecule has 9 rings (SSSR count). The molecule has 0 atom stereocenters. The van der Waals surface area contributed by atoms with Gasteiger partial charge in [0.25, 0.3) is 5.91 Å². The van der Waals surface area contributed by atoms with Crippen LogP contribution in [0.1, 0.15) is 109 Å². The van der Waals surface area contributed by atoms with E-state index >= 15 is 0 Å². The molecule has 7 aliphatic carbocycles. The molecule has 202 valence electrons. The Bertz CT molecular complexity index is 1230. The number of carbonyl (C=O) groups is 2. The van der Waals surface area contributed by atoms with E-state index in [1.165, 1.54) is 31.4 Å². The lowest BCUT2D eigenvalue weighted by molar-refractivity contribution is -0.169. The molecule has 8 heteroatoms. The molecule has 0 aliphatic heterocycles. The van der Waals surface area contributed by atoms with E-state index in [2.05, 4.69) is 5.32 Å². The summed E-state index contributed by atoms with van der Waals surface area (Å²) in [6, 6.07) is 6.15. The number of rotatable bonds is 7. The number of hydrogen-bond donors (Lipinski definition) is 3. The average molecular weight is 520 g/mol. The molecule has 7 aliphatic rings. The van der Waals surface area contributed by atoms with E-state index in [0.717, 1.165) is 86.2 Å². The van der Waals surface area contributed by atoms with Gasteiger partial charge in [0, 0.05) is 11.1 Å². The van der Waals surface area contributed by atoms with Crippen LogP contribution in [0.15, 0.2) is 24.3 Å². The summed E-state index contributed by atoms with van der Waals surface area (Å²) < 4.78 is 7.74. The molecule has 1 amide bonds. The van der Waals surface area contributed by atoms with E-state index in [4.69, 9.17) is 9.72 Å². The van der Waals surface area contributed by atoms with Crippen molar-refractivity contribution in [1.82, 2.24) is 9.71 Å². The van der Waals surface area contributed by atoms with Crippen molar-refractivity contribution in [1.29, 1.82) is 0 Å². The maximum absolute atomic E-state index is 13.6. The van der Waals surface area contributed by atoms with Crippen molar-refractivity contribution in [2.45, 2.75) is 94.7 Å². The number of anilines is 1. The third-order valence-corrected chi connectivity index (χ3v) is 10.6. The molecule has 0 radical (unpaired) electrons. The minimum absolute atomic E-state index is 0.0872. The highest BCUT2D eigenvalue weighted by Crippen LogP contribution is 2.57. The fraction of sp³-hybridized carbons (Fsp3) is 0.633. The molecule has 7 saturated carbocycles. The maximum Gasteiger partial charge on any atom is 0.335 e.